The Labute approximate surface area is 137 Å². The molecule has 0 N–H and O–H groups in total. The topological polar surface area (TPSA) is 42.2 Å². The molecule has 0 aliphatic heterocycles. The van der Waals surface area contributed by atoms with E-state index in [2.05, 4.69) is 22.0 Å². The Kier molecular flexibility index (Phi) is 5.91. The van der Waals surface area contributed by atoms with Gasteiger partial charge in [0, 0.05) is 11.4 Å². The van der Waals surface area contributed by atoms with Gasteiger partial charge in [-0.15, -0.1) is 0 Å². The zero-order valence-electron chi connectivity index (χ0n) is 11.2. The predicted octanol–water partition coefficient (Wildman–Crippen LogP) is 4.82. The van der Waals surface area contributed by atoms with Gasteiger partial charge in [-0.25, -0.2) is 0 Å². The summed E-state index contributed by atoms with van der Waals surface area (Å²) in [5.74, 6) is 1.51. The molecule has 0 bridgehead atoms. The van der Waals surface area contributed by atoms with Crippen LogP contribution in [0.5, 0.6) is 11.5 Å². The van der Waals surface area contributed by atoms with E-state index < -0.39 is 0 Å². The van der Waals surface area contributed by atoms with Crippen molar-refractivity contribution in [1.29, 1.82) is 5.26 Å². The number of hydrogen-bond donors (Lipinski definition) is 0. The predicted molar refractivity (Wildman–Crippen MR) is 85.9 cm³/mol. The van der Waals surface area contributed by atoms with E-state index in [1.807, 2.05) is 6.07 Å². The van der Waals surface area contributed by atoms with Crippen molar-refractivity contribution in [2.75, 3.05) is 13.2 Å². The third-order valence-electron chi connectivity index (χ3n) is 2.69. The van der Waals surface area contributed by atoms with Crippen LogP contribution >= 0.6 is 27.5 Å². The first kappa shape index (κ1) is 15.7. The molecule has 0 fully saturated rings. The van der Waals surface area contributed by atoms with E-state index in [0.717, 1.165) is 22.4 Å². The van der Waals surface area contributed by atoms with Gasteiger partial charge < -0.3 is 9.47 Å². The maximum Gasteiger partial charge on any atom is 0.133 e. The molecule has 2 aromatic carbocycles. The molecule has 5 heteroatoms. The summed E-state index contributed by atoms with van der Waals surface area (Å²) in [6.07, 6.45) is 0.759. The number of benzene rings is 2. The molecule has 0 unspecified atom stereocenters. The summed E-state index contributed by atoms with van der Waals surface area (Å²) in [5.41, 5.74) is 0.623. The van der Waals surface area contributed by atoms with Crippen LogP contribution in [0.4, 0.5) is 0 Å². The van der Waals surface area contributed by atoms with E-state index in [1.54, 1.807) is 36.4 Å². The second-order valence-corrected chi connectivity index (χ2v) is 5.55. The van der Waals surface area contributed by atoms with Crippen molar-refractivity contribution in [1.82, 2.24) is 0 Å². The minimum Gasteiger partial charge on any atom is -0.493 e. The molecule has 0 spiro atoms. The van der Waals surface area contributed by atoms with Gasteiger partial charge in [0.2, 0.25) is 0 Å². The minimum atomic E-state index is 0.552. The van der Waals surface area contributed by atoms with Crippen LogP contribution in [0.15, 0.2) is 46.9 Å². The zero-order valence-corrected chi connectivity index (χ0v) is 13.5. The normalized spacial score (nSPS) is 9.95. The van der Waals surface area contributed by atoms with Crippen LogP contribution < -0.4 is 9.47 Å². The Hall–Kier alpha value is -1.70. The Morgan fingerprint density at radius 2 is 1.76 bits per heavy atom. The van der Waals surface area contributed by atoms with Crippen molar-refractivity contribution in [2.45, 2.75) is 6.42 Å². The van der Waals surface area contributed by atoms with Crippen LogP contribution in [0.2, 0.25) is 5.02 Å². The van der Waals surface area contributed by atoms with Crippen LogP contribution in [0.1, 0.15) is 12.0 Å². The van der Waals surface area contributed by atoms with Gasteiger partial charge >= 0.3 is 0 Å². The SMILES string of the molecule is N#Cc1ccc(OCCCOc2ccc(Cl)cc2Br)cc1. The van der Waals surface area contributed by atoms with Crippen LogP contribution in [-0.4, -0.2) is 13.2 Å². The molecule has 3 nitrogen and oxygen atoms in total. The summed E-state index contributed by atoms with van der Waals surface area (Å²) in [6.45, 7) is 1.10. The first-order valence-corrected chi connectivity index (χ1v) is 7.57. The molecule has 108 valence electrons. The highest BCUT2D eigenvalue weighted by atomic mass is 79.9. The Morgan fingerprint density at radius 1 is 1.05 bits per heavy atom. The van der Waals surface area contributed by atoms with E-state index in [-0.39, 0.29) is 0 Å². The molecule has 0 radical (unpaired) electrons. The molecule has 2 aromatic rings. The van der Waals surface area contributed by atoms with Crippen molar-refractivity contribution < 1.29 is 9.47 Å². The molecule has 0 heterocycles. The van der Waals surface area contributed by atoms with Gasteiger partial charge in [-0.1, -0.05) is 11.6 Å². The Bertz CT molecular complexity index is 638. The van der Waals surface area contributed by atoms with Crippen LogP contribution in [0.3, 0.4) is 0 Å². The second-order valence-electron chi connectivity index (χ2n) is 4.26. The number of halogens is 2. The average Bonchev–Trinajstić information content (AvgIpc) is 2.49. The van der Waals surface area contributed by atoms with E-state index in [9.17, 15) is 0 Å². The average molecular weight is 367 g/mol. The fourth-order valence-electron chi connectivity index (χ4n) is 1.65. The number of nitriles is 1. The molecule has 0 amide bonds. The molecule has 0 aliphatic carbocycles. The molecule has 0 saturated heterocycles. The van der Waals surface area contributed by atoms with Crippen molar-refractivity contribution in [3.8, 4) is 17.6 Å². The quantitative estimate of drug-likeness (QED) is 0.688. The number of rotatable bonds is 6. The van der Waals surface area contributed by atoms with E-state index in [4.69, 9.17) is 26.3 Å². The number of hydrogen-bond acceptors (Lipinski definition) is 3. The van der Waals surface area contributed by atoms with Crippen LogP contribution in [0.25, 0.3) is 0 Å². The summed E-state index contributed by atoms with van der Waals surface area (Å²) in [6, 6.07) is 14.5. The minimum absolute atomic E-state index is 0.552. The maximum atomic E-state index is 8.70. The fraction of sp³-hybridized carbons (Fsp3) is 0.188. The maximum absolute atomic E-state index is 8.70. The van der Waals surface area contributed by atoms with Crippen molar-refractivity contribution >= 4 is 27.5 Å². The third kappa shape index (κ3) is 4.96. The summed E-state index contributed by atoms with van der Waals surface area (Å²) >= 11 is 9.26. The number of nitrogens with zero attached hydrogens (tertiary/aromatic N) is 1. The molecule has 0 atom stereocenters. The molecule has 0 aliphatic rings. The highest BCUT2D eigenvalue weighted by Gasteiger charge is 2.02. The Morgan fingerprint density at radius 3 is 2.43 bits per heavy atom. The lowest BCUT2D eigenvalue weighted by molar-refractivity contribution is 0.246. The van der Waals surface area contributed by atoms with Crippen molar-refractivity contribution in [2.24, 2.45) is 0 Å². The highest BCUT2D eigenvalue weighted by Crippen LogP contribution is 2.28. The zero-order chi connectivity index (χ0) is 15.1. The van der Waals surface area contributed by atoms with E-state index >= 15 is 0 Å². The lowest BCUT2D eigenvalue weighted by atomic mass is 10.2. The van der Waals surface area contributed by atoms with Gasteiger partial charge in [0.05, 0.1) is 29.3 Å². The Balaban J connectivity index is 1.71. The van der Waals surface area contributed by atoms with Gasteiger partial charge in [0.1, 0.15) is 11.5 Å². The molecular weight excluding hydrogens is 354 g/mol. The summed E-state index contributed by atoms with van der Waals surface area (Å²) in [5, 5.41) is 9.37. The van der Waals surface area contributed by atoms with Gasteiger partial charge in [-0.2, -0.15) is 5.26 Å². The van der Waals surface area contributed by atoms with Crippen LogP contribution in [0, 0.1) is 11.3 Å². The standard InChI is InChI=1S/C16H13BrClNO2/c17-15-10-13(18)4-7-16(15)21-9-1-8-20-14-5-2-12(11-19)3-6-14/h2-7,10H,1,8-9H2. The molecule has 21 heavy (non-hydrogen) atoms. The summed E-state index contributed by atoms with van der Waals surface area (Å²) in [7, 11) is 0. The molecule has 0 aromatic heterocycles. The monoisotopic (exact) mass is 365 g/mol. The summed E-state index contributed by atoms with van der Waals surface area (Å²) in [4.78, 5) is 0. The lowest BCUT2D eigenvalue weighted by Gasteiger charge is -2.09. The first-order chi connectivity index (χ1) is 10.2. The third-order valence-corrected chi connectivity index (χ3v) is 3.55. The van der Waals surface area contributed by atoms with Gasteiger partial charge in [0.25, 0.3) is 0 Å². The second kappa shape index (κ2) is 7.92. The van der Waals surface area contributed by atoms with Crippen molar-refractivity contribution in [3.63, 3.8) is 0 Å². The first-order valence-electron chi connectivity index (χ1n) is 6.40. The lowest BCUT2D eigenvalue weighted by Crippen LogP contribution is -2.05. The smallest absolute Gasteiger partial charge is 0.133 e. The highest BCUT2D eigenvalue weighted by molar-refractivity contribution is 9.10. The van der Waals surface area contributed by atoms with Gasteiger partial charge in [-0.3, -0.25) is 0 Å². The largest absolute Gasteiger partial charge is 0.493 e. The molecule has 2 rings (SSSR count). The van der Waals surface area contributed by atoms with Gasteiger partial charge in [0.15, 0.2) is 0 Å². The fourth-order valence-corrected chi connectivity index (χ4v) is 2.45. The number of ether oxygens (including phenoxy) is 2. The van der Waals surface area contributed by atoms with E-state index in [0.29, 0.717) is 23.8 Å². The molecule has 0 saturated carbocycles. The van der Waals surface area contributed by atoms with E-state index in [1.165, 1.54) is 0 Å². The summed E-state index contributed by atoms with van der Waals surface area (Å²) < 4.78 is 12.0. The van der Waals surface area contributed by atoms with Crippen LogP contribution in [-0.2, 0) is 0 Å². The molecular formula is C16H13BrClNO2. The van der Waals surface area contributed by atoms with Gasteiger partial charge in [-0.05, 0) is 58.4 Å². The van der Waals surface area contributed by atoms with Crippen molar-refractivity contribution in [3.05, 3.63) is 57.5 Å².